The van der Waals surface area contributed by atoms with E-state index in [4.69, 9.17) is 9.47 Å². The quantitative estimate of drug-likeness (QED) is 0.793. The minimum absolute atomic E-state index is 0.00480. The van der Waals surface area contributed by atoms with Crippen molar-refractivity contribution in [2.75, 3.05) is 34.4 Å². The Labute approximate surface area is 173 Å². The van der Waals surface area contributed by atoms with E-state index >= 15 is 0 Å². The van der Waals surface area contributed by atoms with E-state index < -0.39 is 17.6 Å². The van der Waals surface area contributed by atoms with E-state index in [1.807, 2.05) is 25.2 Å². The van der Waals surface area contributed by atoms with Gasteiger partial charge in [-0.3, -0.25) is 4.79 Å². The number of ether oxygens (including phenoxy) is 2. The monoisotopic (exact) mass is 422 g/mol. The van der Waals surface area contributed by atoms with Crippen LogP contribution in [0.2, 0.25) is 0 Å². The number of carbonyl (C=O) groups is 1. The average Bonchev–Trinajstić information content (AvgIpc) is 2.73. The molecule has 30 heavy (non-hydrogen) atoms. The number of rotatable bonds is 5. The first-order valence-corrected chi connectivity index (χ1v) is 9.61. The number of hydrogen-bond donors (Lipinski definition) is 1. The van der Waals surface area contributed by atoms with E-state index in [0.29, 0.717) is 24.5 Å². The molecule has 1 saturated heterocycles. The zero-order valence-electron chi connectivity index (χ0n) is 17.1. The van der Waals surface area contributed by atoms with Crippen LogP contribution in [0.4, 0.5) is 13.2 Å². The second-order valence-corrected chi connectivity index (χ2v) is 7.43. The number of halogens is 3. The largest absolute Gasteiger partial charge is 0.493 e. The molecule has 2 aromatic rings. The van der Waals surface area contributed by atoms with Crippen molar-refractivity contribution in [3.05, 3.63) is 59.2 Å². The van der Waals surface area contributed by atoms with Crippen LogP contribution < -0.4 is 14.8 Å². The number of hydrogen-bond acceptors (Lipinski definition) is 4. The Morgan fingerprint density at radius 3 is 2.50 bits per heavy atom. The number of amides is 1. The van der Waals surface area contributed by atoms with Crippen LogP contribution in [-0.2, 0) is 6.18 Å². The molecular weight excluding hydrogens is 397 g/mol. The minimum atomic E-state index is -4.49. The number of carbonyl (C=O) groups excluding carboxylic acids is 1. The fourth-order valence-electron chi connectivity index (χ4n) is 3.80. The summed E-state index contributed by atoms with van der Waals surface area (Å²) in [6.07, 6.45) is -3.81. The predicted octanol–water partition coefficient (Wildman–Crippen LogP) is 3.94. The molecule has 1 heterocycles. The van der Waals surface area contributed by atoms with Gasteiger partial charge >= 0.3 is 6.18 Å². The first kappa shape index (κ1) is 22.0. The third-order valence-electron chi connectivity index (χ3n) is 5.42. The molecular formula is C22H25F3N2O3. The minimum Gasteiger partial charge on any atom is -0.493 e. The molecule has 1 amide bonds. The van der Waals surface area contributed by atoms with Gasteiger partial charge in [-0.1, -0.05) is 12.1 Å². The highest BCUT2D eigenvalue weighted by atomic mass is 19.4. The lowest BCUT2D eigenvalue weighted by atomic mass is 9.85. The fourth-order valence-corrected chi connectivity index (χ4v) is 3.80. The van der Waals surface area contributed by atoms with Crippen molar-refractivity contribution in [2.45, 2.75) is 24.6 Å². The SMILES string of the molecule is COc1ccc([C@@H]2CN(C)CC[C@@H]2NC(=O)c2cccc(C(F)(F)F)c2)cc1OC. The summed E-state index contributed by atoms with van der Waals surface area (Å²) in [5.74, 6) is 0.639. The summed E-state index contributed by atoms with van der Waals surface area (Å²) >= 11 is 0. The number of benzene rings is 2. The third-order valence-corrected chi connectivity index (χ3v) is 5.42. The molecule has 162 valence electrons. The zero-order chi connectivity index (χ0) is 21.9. The lowest BCUT2D eigenvalue weighted by Crippen LogP contribution is -2.48. The second-order valence-electron chi connectivity index (χ2n) is 7.43. The van der Waals surface area contributed by atoms with Gasteiger partial charge in [-0.2, -0.15) is 13.2 Å². The molecule has 2 aromatic carbocycles. The first-order valence-electron chi connectivity index (χ1n) is 9.61. The molecule has 0 bridgehead atoms. The molecule has 0 spiro atoms. The number of likely N-dealkylation sites (tertiary alicyclic amines) is 1. The van der Waals surface area contributed by atoms with Gasteiger partial charge in [-0.05, 0) is 55.9 Å². The highest BCUT2D eigenvalue weighted by molar-refractivity contribution is 5.94. The molecule has 1 N–H and O–H groups in total. The van der Waals surface area contributed by atoms with Crippen molar-refractivity contribution < 1.29 is 27.4 Å². The van der Waals surface area contributed by atoms with Crippen molar-refractivity contribution in [1.82, 2.24) is 10.2 Å². The Balaban J connectivity index is 1.84. The van der Waals surface area contributed by atoms with E-state index in [0.717, 1.165) is 24.2 Å². The molecule has 0 aliphatic carbocycles. The summed E-state index contributed by atoms with van der Waals surface area (Å²) in [5.41, 5.74) is 0.123. The molecule has 8 heteroatoms. The molecule has 0 radical (unpaired) electrons. The van der Waals surface area contributed by atoms with Gasteiger partial charge in [-0.25, -0.2) is 0 Å². The standard InChI is InChI=1S/C22H25F3N2O3/c1-27-10-9-18(17(13-27)14-7-8-19(29-2)20(12-14)30-3)26-21(28)15-5-4-6-16(11-15)22(23,24)25/h4-8,11-12,17-18H,9-10,13H2,1-3H3,(H,26,28)/t17-,18-/m0/s1. The summed E-state index contributed by atoms with van der Waals surface area (Å²) in [6.45, 7) is 1.47. The number of methoxy groups -OCH3 is 2. The van der Waals surface area contributed by atoms with Crippen LogP contribution in [-0.4, -0.2) is 51.2 Å². The smallest absolute Gasteiger partial charge is 0.416 e. The molecule has 5 nitrogen and oxygen atoms in total. The van der Waals surface area contributed by atoms with Gasteiger partial charge in [0.05, 0.1) is 19.8 Å². The Morgan fingerprint density at radius 2 is 1.83 bits per heavy atom. The number of nitrogens with zero attached hydrogens (tertiary/aromatic N) is 1. The normalized spacial score (nSPS) is 19.9. The van der Waals surface area contributed by atoms with Gasteiger partial charge in [0, 0.05) is 24.1 Å². The summed E-state index contributed by atoms with van der Waals surface area (Å²) in [5, 5.41) is 2.94. The Hall–Kier alpha value is -2.74. The zero-order valence-corrected chi connectivity index (χ0v) is 17.1. The van der Waals surface area contributed by atoms with E-state index in [1.165, 1.54) is 12.1 Å². The summed E-state index contributed by atoms with van der Waals surface area (Å²) in [4.78, 5) is 14.9. The first-order chi connectivity index (χ1) is 14.2. The van der Waals surface area contributed by atoms with E-state index in [2.05, 4.69) is 10.2 Å². The number of alkyl halides is 3. The molecule has 3 rings (SSSR count). The number of likely N-dealkylation sites (N-methyl/N-ethyl adjacent to an activating group) is 1. The molecule has 1 aliphatic heterocycles. The summed E-state index contributed by atoms with van der Waals surface area (Å²) in [7, 11) is 5.12. The Bertz CT molecular complexity index is 901. The maximum atomic E-state index is 13.0. The van der Waals surface area contributed by atoms with Crippen LogP contribution in [0, 0.1) is 0 Å². The molecule has 0 saturated carbocycles. The van der Waals surface area contributed by atoms with Crippen molar-refractivity contribution in [3.8, 4) is 11.5 Å². The van der Waals surface area contributed by atoms with Crippen LogP contribution in [0.25, 0.3) is 0 Å². The molecule has 1 fully saturated rings. The van der Waals surface area contributed by atoms with E-state index in [1.54, 1.807) is 14.2 Å². The maximum Gasteiger partial charge on any atom is 0.416 e. The molecule has 2 atom stereocenters. The maximum absolute atomic E-state index is 13.0. The summed E-state index contributed by atoms with van der Waals surface area (Å²) in [6, 6.07) is 9.88. The van der Waals surface area contributed by atoms with E-state index in [-0.39, 0.29) is 17.5 Å². The van der Waals surface area contributed by atoms with Crippen LogP contribution in [0.15, 0.2) is 42.5 Å². The van der Waals surface area contributed by atoms with Crippen LogP contribution >= 0.6 is 0 Å². The Morgan fingerprint density at radius 1 is 1.10 bits per heavy atom. The molecule has 1 aliphatic rings. The highest BCUT2D eigenvalue weighted by Crippen LogP contribution is 2.34. The Kier molecular flexibility index (Phi) is 6.55. The lowest BCUT2D eigenvalue weighted by molar-refractivity contribution is -0.137. The van der Waals surface area contributed by atoms with E-state index in [9.17, 15) is 18.0 Å². The fraction of sp³-hybridized carbons (Fsp3) is 0.409. The van der Waals surface area contributed by atoms with Gasteiger partial charge in [0.15, 0.2) is 11.5 Å². The predicted molar refractivity (Wildman–Crippen MR) is 107 cm³/mol. The van der Waals surface area contributed by atoms with Gasteiger partial charge in [0.1, 0.15) is 0 Å². The van der Waals surface area contributed by atoms with Gasteiger partial charge in [-0.15, -0.1) is 0 Å². The van der Waals surface area contributed by atoms with Crippen molar-refractivity contribution in [3.63, 3.8) is 0 Å². The second kappa shape index (κ2) is 8.95. The van der Waals surface area contributed by atoms with Gasteiger partial charge in [0.25, 0.3) is 5.91 Å². The number of nitrogens with one attached hydrogen (secondary N) is 1. The lowest BCUT2D eigenvalue weighted by Gasteiger charge is -2.37. The van der Waals surface area contributed by atoms with Gasteiger partial charge < -0.3 is 19.7 Å². The number of piperidine rings is 1. The summed E-state index contributed by atoms with van der Waals surface area (Å²) < 4.78 is 49.7. The highest BCUT2D eigenvalue weighted by Gasteiger charge is 2.33. The van der Waals surface area contributed by atoms with Crippen molar-refractivity contribution >= 4 is 5.91 Å². The van der Waals surface area contributed by atoms with Crippen molar-refractivity contribution in [1.29, 1.82) is 0 Å². The molecule has 0 unspecified atom stereocenters. The van der Waals surface area contributed by atoms with Gasteiger partial charge in [0.2, 0.25) is 0 Å². The topological polar surface area (TPSA) is 50.8 Å². The van der Waals surface area contributed by atoms with Crippen LogP contribution in [0.3, 0.4) is 0 Å². The molecule has 0 aromatic heterocycles. The average molecular weight is 422 g/mol. The van der Waals surface area contributed by atoms with Crippen molar-refractivity contribution in [2.24, 2.45) is 0 Å². The third kappa shape index (κ3) is 4.87. The van der Waals surface area contributed by atoms with Crippen LogP contribution in [0.5, 0.6) is 11.5 Å². The van der Waals surface area contributed by atoms with Crippen LogP contribution in [0.1, 0.15) is 33.8 Å².